The summed E-state index contributed by atoms with van der Waals surface area (Å²) < 4.78 is 5.59. The Morgan fingerprint density at radius 1 is 1.40 bits per heavy atom. The van der Waals surface area contributed by atoms with E-state index in [2.05, 4.69) is 11.4 Å². The van der Waals surface area contributed by atoms with Gasteiger partial charge in [-0.25, -0.2) is 0 Å². The number of nitrogens with one attached hydrogen (secondary N) is 1. The Morgan fingerprint density at radius 3 is 2.87 bits per heavy atom. The molecule has 1 aromatic carbocycles. The van der Waals surface area contributed by atoms with Crippen LogP contribution in [0.2, 0.25) is 0 Å². The van der Waals surface area contributed by atoms with E-state index in [1.165, 1.54) is 0 Å². The van der Waals surface area contributed by atoms with E-state index < -0.39 is 0 Å². The molecule has 1 unspecified atom stereocenters. The van der Waals surface area contributed by atoms with Crippen LogP contribution in [0.3, 0.4) is 0 Å². The van der Waals surface area contributed by atoms with Crippen molar-refractivity contribution in [2.75, 3.05) is 19.7 Å². The average molecular weight is 225 g/mol. The van der Waals surface area contributed by atoms with Crippen LogP contribution in [0, 0.1) is 11.3 Å². The summed E-state index contributed by atoms with van der Waals surface area (Å²) in [7, 11) is 0. The number of hydrogen-bond donors (Lipinski definition) is 1. The minimum Gasteiger partial charge on any atom is -0.371 e. The first kappa shape index (κ1) is 12.0. The molecule has 0 aliphatic carbocycles. The summed E-state index contributed by atoms with van der Waals surface area (Å²) in [5, 5.41) is 12.2. The van der Waals surface area contributed by atoms with Gasteiger partial charge in [0.2, 0.25) is 0 Å². The largest absolute Gasteiger partial charge is 0.371 e. The Labute approximate surface area is 95.5 Å². The highest BCUT2D eigenvalue weighted by atomic mass is 35.5. The van der Waals surface area contributed by atoms with E-state index in [1.807, 2.05) is 24.3 Å². The second kappa shape index (κ2) is 5.72. The van der Waals surface area contributed by atoms with Gasteiger partial charge in [-0.3, -0.25) is 0 Å². The Bertz CT molecular complexity index is 356. The highest BCUT2D eigenvalue weighted by Gasteiger charge is 2.17. The number of halogens is 1. The molecular weight excluding hydrogens is 212 g/mol. The summed E-state index contributed by atoms with van der Waals surface area (Å²) in [5.74, 6) is 0. The van der Waals surface area contributed by atoms with Gasteiger partial charge in [0.25, 0.3) is 0 Å². The zero-order chi connectivity index (χ0) is 9.80. The number of morpholine rings is 1. The molecule has 0 saturated carbocycles. The molecule has 1 atom stereocenters. The van der Waals surface area contributed by atoms with Gasteiger partial charge in [0, 0.05) is 13.1 Å². The minimum absolute atomic E-state index is 0. The Morgan fingerprint density at radius 2 is 2.20 bits per heavy atom. The molecule has 1 saturated heterocycles. The van der Waals surface area contributed by atoms with Gasteiger partial charge >= 0.3 is 0 Å². The zero-order valence-corrected chi connectivity index (χ0v) is 9.09. The maximum Gasteiger partial charge on any atom is 0.0995 e. The maximum atomic E-state index is 8.92. The van der Waals surface area contributed by atoms with Crippen molar-refractivity contribution in [2.24, 2.45) is 0 Å². The third kappa shape index (κ3) is 2.69. The summed E-state index contributed by atoms with van der Waals surface area (Å²) in [6, 6.07) is 9.78. The number of ether oxygens (including phenoxy) is 1. The predicted molar refractivity (Wildman–Crippen MR) is 60.0 cm³/mol. The quantitative estimate of drug-likeness (QED) is 0.789. The first-order chi connectivity index (χ1) is 6.92. The van der Waals surface area contributed by atoms with Crippen LogP contribution in [0.1, 0.15) is 17.2 Å². The molecule has 4 heteroatoms. The fraction of sp³-hybridized carbons (Fsp3) is 0.364. The third-order valence-corrected chi connectivity index (χ3v) is 2.36. The zero-order valence-electron chi connectivity index (χ0n) is 8.27. The second-order valence-electron chi connectivity index (χ2n) is 3.26. The molecule has 0 amide bonds. The Kier molecular flexibility index (Phi) is 4.57. The summed E-state index contributed by atoms with van der Waals surface area (Å²) in [6.07, 6.45) is 0.0274. The molecule has 15 heavy (non-hydrogen) atoms. The number of benzene rings is 1. The monoisotopic (exact) mass is 224 g/mol. The van der Waals surface area contributed by atoms with Crippen LogP contribution < -0.4 is 5.32 Å². The van der Waals surface area contributed by atoms with E-state index in [4.69, 9.17) is 10.00 Å². The molecule has 2 rings (SSSR count). The van der Waals surface area contributed by atoms with Crippen LogP contribution in [-0.2, 0) is 4.74 Å². The van der Waals surface area contributed by atoms with E-state index in [9.17, 15) is 0 Å². The van der Waals surface area contributed by atoms with Gasteiger partial charge in [0.05, 0.1) is 24.3 Å². The van der Waals surface area contributed by atoms with Crippen molar-refractivity contribution >= 4 is 12.4 Å². The van der Waals surface area contributed by atoms with E-state index >= 15 is 0 Å². The van der Waals surface area contributed by atoms with E-state index in [0.717, 1.165) is 18.7 Å². The molecule has 1 aliphatic rings. The average Bonchev–Trinajstić information content (AvgIpc) is 2.30. The van der Waals surface area contributed by atoms with E-state index in [1.54, 1.807) is 0 Å². The van der Waals surface area contributed by atoms with Crippen LogP contribution in [0.25, 0.3) is 0 Å². The molecule has 3 nitrogen and oxygen atoms in total. The van der Waals surface area contributed by atoms with E-state index in [0.29, 0.717) is 12.2 Å². The number of rotatable bonds is 1. The number of nitriles is 1. The molecule has 80 valence electrons. The van der Waals surface area contributed by atoms with Crippen LogP contribution in [0.15, 0.2) is 24.3 Å². The molecule has 1 aliphatic heterocycles. The molecular formula is C11H13ClN2O. The van der Waals surface area contributed by atoms with Gasteiger partial charge in [-0.05, 0) is 11.6 Å². The Hall–Kier alpha value is -1.08. The SMILES string of the molecule is Cl.N#Cc1ccccc1C1CNCCO1. The standard InChI is InChI=1S/C11H12N2O.ClH/c12-7-9-3-1-2-4-10(9)11-8-13-5-6-14-11;/h1-4,11,13H,5-6,8H2;1H. The summed E-state index contributed by atoms with van der Waals surface area (Å²) in [4.78, 5) is 0. The van der Waals surface area contributed by atoms with Crippen molar-refractivity contribution in [3.8, 4) is 6.07 Å². The lowest BCUT2D eigenvalue weighted by Gasteiger charge is -2.24. The van der Waals surface area contributed by atoms with Crippen molar-refractivity contribution in [3.63, 3.8) is 0 Å². The molecule has 1 fully saturated rings. The van der Waals surface area contributed by atoms with Gasteiger partial charge in [0.15, 0.2) is 0 Å². The molecule has 1 N–H and O–H groups in total. The highest BCUT2D eigenvalue weighted by molar-refractivity contribution is 5.85. The molecule has 0 radical (unpaired) electrons. The fourth-order valence-electron chi connectivity index (χ4n) is 1.64. The topological polar surface area (TPSA) is 45.0 Å². The molecule has 1 aromatic rings. The van der Waals surface area contributed by atoms with Crippen LogP contribution in [0.4, 0.5) is 0 Å². The van der Waals surface area contributed by atoms with Gasteiger partial charge in [-0.15, -0.1) is 12.4 Å². The van der Waals surface area contributed by atoms with Crippen LogP contribution >= 0.6 is 12.4 Å². The van der Waals surface area contributed by atoms with Crippen LogP contribution in [0.5, 0.6) is 0 Å². The van der Waals surface area contributed by atoms with Crippen molar-refractivity contribution in [1.29, 1.82) is 5.26 Å². The number of hydrogen-bond acceptors (Lipinski definition) is 3. The fourth-order valence-corrected chi connectivity index (χ4v) is 1.64. The lowest BCUT2D eigenvalue weighted by Crippen LogP contribution is -2.33. The van der Waals surface area contributed by atoms with Crippen molar-refractivity contribution in [2.45, 2.75) is 6.10 Å². The first-order valence-electron chi connectivity index (χ1n) is 4.73. The summed E-state index contributed by atoms with van der Waals surface area (Å²) in [6.45, 7) is 2.40. The lowest BCUT2D eigenvalue weighted by molar-refractivity contribution is 0.0275. The van der Waals surface area contributed by atoms with E-state index in [-0.39, 0.29) is 18.5 Å². The smallest absolute Gasteiger partial charge is 0.0995 e. The van der Waals surface area contributed by atoms with Crippen LogP contribution in [-0.4, -0.2) is 19.7 Å². The van der Waals surface area contributed by atoms with Gasteiger partial charge < -0.3 is 10.1 Å². The second-order valence-corrected chi connectivity index (χ2v) is 3.26. The van der Waals surface area contributed by atoms with Gasteiger partial charge in [-0.1, -0.05) is 18.2 Å². The highest BCUT2D eigenvalue weighted by Crippen LogP contribution is 2.21. The molecule has 0 bridgehead atoms. The lowest BCUT2D eigenvalue weighted by atomic mass is 10.0. The summed E-state index contributed by atoms with van der Waals surface area (Å²) >= 11 is 0. The first-order valence-corrected chi connectivity index (χ1v) is 4.73. The van der Waals surface area contributed by atoms with Gasteiger partial charge in [0.1, 0.15) is 0 Å². The summed E-state index contributed by atoms with van der Waals surface area (Å²) in [5.41, 5.74) is 1.70. The Balaban J connectivity index is 0.00000112. The molecule has 0 aromatic heterocycles. The molecule has 1 heterocycles. The van der Waals surface area contributed by atoms with Crippen molar-refractivity contribution < 1.29 is 4.74 Å². The molecule has 0 spiro atoms. The third-order valence-electron chi connectivity index (χ3n) is 2.36. The maximum absolute atomic E-state index is 8.92. The van der Waals surface area contributed by atoms with Crippen molar-refractivity contribution in [1.82, 2.24) is 5.32 Å². The van der Waals surface area contributed by atoms with Gasteiger partial charge in [-0.2, -0.15) is 5.26 Å². The number of nitrogens with zero attached hydrogens (tertiary/aromatic N) is 1. The van der Waals surface area contributed by atoms with Crippen molar-refractivity contribution in [3.05, 3.63) is 35.4 Å². The predicted octanol–water partition coefficient (Wildman–Crippen LogP) is 1.64. The normalized spacial score (nSPS) is 20.1. The minimum atomic E-state index is 0.